The van der Waals surface area contributed by atoms with Gasteiger partial charge < -0.3 is 10.5 Å². The van der Waals surface area contributed by atoms with Crippen LogP contribution in [0.1, 0.15) is 42.1 Å². The maximum absolute atomic E-state index is 11.8. The van der Waals surface area contributed by atoms with Crippen molar-refractivity contribution in [1.29, 1.82) is 0 Å². The fraction of sp³-hybridized carbons (Fsp3) is 0.429. The molecular weight excluding hydrogens is 260 g/mol. The van der Waals surface area contributed by atoms with Crippen LogP contribution in [-0.2, 0) is 11.2 Å². The smallest absolute Gasteiger partial charge is 0.350 e. The van der Waals surface area contributed by atoms with Crippen LogP contribution in [0.5, 0.6) is 0 Å². The van der Waals surface area contributed by atoms with Gasteiger partial charge in [0.1, 0.15) is 9.71 Å². The maximum Gasteiger partial charge on any atom is 0.350 e. The summed E-state index contributed by atoms with van der Waals surface area (Å²) in [6.07, 6.45) is 3.21. The molecule has 4 nitrogen and oxygen atoms in total. The van der Waals surface area contributed by atoms with Crippen LogP contribution in [0.3, 0.4) is 0 Å². The molecule has 0 saturated heterocycles. The number of nitrogens with zero attached hydrogens (tertiary/aromatic N) is 1. The van der Waals surface area contributed by atoms with Crippen molar-refractivity contribution in [3.63, 3.8) is 0 Å². The number of pyridine rings is 1. The molecule has 0 aliphatic rings. The Bertz CT molecular complexity index is 592. The van der Waals surface area contributed by atoms with Gasteiger partial charge in [-0.1, -0.05) is 13.3 Å². The van der Waals surface area contributed by atoms with Gasteiger partial charge in [-0.15, -0.1) is 11.3 Å². The van der Waals surface area contributed by atoms with Crippen molar-refractivity contribution in [2.45, 2.75) is 33.1 Å². The largest absolute Gasteiger partial charge is 0.462 e. The van der Waals surface area contributed by atoms with Crippen LogP contribution in [0.15, 0.2) is 12.1 Å². The molecule has 102 valence electrons. The zero-order chi connectivity index (χ0) is 13.8. The van der Waals surface area contributed by atoms with Gasteiger partial charge in [0, 0.05) is 11.1 Å². The second-order valence-electron chi connectivity index (χ2n) is 4.32. The summed E-state index contributed by atoms with van der Waals surface area (Å²) in [5.41, 5.74) is 7.52. The molecule has 0 atom stereocenters. The second-order valence-corrected chi connectivity index (χ2v) is 5.32. The van der Waals surface area contributed by atoms with Gasteiger partial charge in [0.05, 0.1) is 12.3 Å². The lowest BCUT2D eigenvalue weighted by Crippen LogP contribution is -2.04. The van der Waals surface area contributed by atoms with Crippen molar-refractivity contribution in [2.24, 2.45) is 0 Å². The summed E-state index contributed by atoms with van der Waals surface area (Å²) in [4.78, 5) is 17.6. The molecule has 0 aliphatic heterocycles. The van der Waals surface area contributed by atoms with Crippen LogP contribution in [-0.4, -0.2) is 17.6 Å². The maximum atomic E-state index is 11.8. The normalized spacial score (nSPS) is 10.8. The first-order valence-corrected chi connectivity index (χ1v) is 7.34. The third kappa shape index (κ3) is 2.87. The van der Waals surface area contributed by atoms with E-state index in [1.165, 1.54) is 11.3 Å². The minimum atomic E-state index is -0.363. The highest BCUT2D eigenvalue weighted by Crippen LogP contribution is 2.33. The molecular formula is C14H18N2O2S. The minimum Gasteiger partial charge on any atom is -0.462 e. The van der Waals surface area contributed by atoms with Gasteiger partial charge in [0.15, 0.2) is 0 Å². The number of thiophene rings is 1. The molecule has 2 N–H and O–H groups in total. The Morgan fingerprint density at radius 1 is 1.42 bits per heavy atom. The summed E-state index contributed by atoms with van der Waals surface area (Å²) in [6, 6.07) is 3.93. The molecule has 0 bridgehead atoms. The number of aryl methyl sites for hydroxylation is 1. The fourth-order valence-corrected chi connectivity index (χ4v) is 2.89. The second kappa shape index (κ2) is 6.02. The summed E-state index contributed by atoms with van der Waals surface area (Å²) >= 11 is 1.31. The topological polar surface area (TPSA) is 65.2 Å². The fourth-order valence-electron chi connectivity index (χ4n) is 1.88. The van der Waals surface area contributed by atoms with Gasteiger partial charge in [-0.05, 0) is 31.9 Å². The van der Waals surface area contributed by atoms with Gasteiger partial charge in [0.25, 0.3) is 0 Å². The highest BCUT2D eigenvalue weighted by Gasteiger charge is 2.18. The molecule has 2 aromatic rings. The van der Waals surface area contributed by atoms with E-state index in [9.17, 15) is 4.79 Å². The van der Waals surface area contributed by atoms with E-state index >= 15 is 0 Å². The Labute approximate surface area is 116 Å². The lowest BCUT2D eigenvalue weighted by atomic mass is 10.1. The summed E-state index contributed by atoms with van der Waals surface area (Å²) < 4.78 is 5.00. The molecule has 0 spiro atoms. The molecule has 0 fully saturated rings. The molecule has 19 heavy (non-hydrogen) atoms. The minimum absolute atomic E-state index is 0.349. The Morgan fingerprint density at radius 3 is 2.89 bits per heavy atom. The molecule has 0 aliphatic carbocycles. The van der Waals surface area contributed by atoms with Crippen molar-refractivity contribution in [3.05, 3.63) is 22.7 Å². The SMILES string of the molecule is CCCCc1ccc2c(N)c(C(=O)OCC)sc2n1. The van der Waals surface area contributed by atoms with E-state index in [0.717, 1.165) is 35.2 Å². The van der Waals surface area contributed by atoms with Crippen LogP contribution in [0, 0.1) is 0 Å². The number of hydrogen-bond donors (Lipinski definition) is 1. The Balaban J connectivity index is 2.36. The summed E-state index contributed by atoms with van der Waals surface area (Å²) in [5, 5.41) is 0.841. The predicted molar refractivity (Wildman–Crippen MR) is 78.6 cm³/mol. The van der Waals surface area contributed by atoms with Crippen molar-refractivity contribution in [2.75, 3.05) is 12.3 Å². The highest BCUT2D eigenvalue weighted by atomic mass is 32.1. The number of aromatic nitrogens is 1. The quantitative estimate of drug-likeness (QED) is 0.851. The average Bonchev–Trinajstić information content (AvgIpc) is 2.74. The number of unbranched alkanes of at least 4 members (excludes halogenated alkanes) is 1. The highest BCUT2D eigenvalue weighted by molar-refractivity contribution is 7.21. The predicted octanol–water partition coefficient (Wildman–Crippen LogP) is 3.40. The number of anilines is 1. The summed E-state index contributed by atoms with van der Waals surface area (Å²) in [5.74, 6) is -0.363. The van der Waals surface area contributed by atoms with Crippen molar-refractivity contribution < 1.29 is 9.53 Å². The van der Waals surface area contributed by atoms with Crippen LogP contribution >= 0.6 is 11.3 Å². The molecule has 2 aromatic heterocycles. The van der Waals surface area contributed by atoms with Gasteiger partial charge in [-0.2, -0.15) is 0 Å². The van der Waals surface area contributed by atoms with E-state index in [-0.39, 0.29) is 5.97 Å². The summed E-state index contributed by atoms with van der Waals surface area (Å²) in [7, 11) is 0. The Morgan fingerprint density at radius 2 is 2.21 bits per heavy atom. The van der Waals surface area contributed by atoms with Gasteiger partial charge in [-0.25, -0.2) is 9.78 Å². The molecule has 0 aromatic carbocycles. The van der Waals surface area contributed by atoms with Crippen LogP contribution in [0.25, 0.3) is 10.2 Å². The number of nitrogens with two attached hydrogens (primary N) is 1. The Kier molecular flexibility index (Phi) is 4.37. The standard InChI is InChI=1S/C14H18N2O2S/c1-3-5-6-9-7-8-10-11(15)12(14(17)18-4-2)19-13(10)16-9/h7-8H,3-6,15H2,1-2H3. The van der Waals surface area contributed by atoms with E-state index in [2.05, 4.69) is 11.9 Å². The zero-order valence-corrected chi connectivity index (χ0v) is 12.0. The van der Waals surface area contributed by atoms with Crippen molar-refractivity contribution >= 4 is 33.2 Å². The molecule has 5 heteroatoms. The first-order chi connectivity index (χ1) is 9.17. The number of rotatable bonds is 5. The number of ether oxygens (including phenoxy) is 1. The van der Waals surface area contributed by atoms with E-state index in [4.69, 9.17) is 10.5 Å². The van der Waals surface area contributed by atoms with Crippen LogP contribution in [0.4, 0.5) is 5.69 Å². The van der Waals surface area contributed by atoms with Crippen LogP contribution in [0.2, 0.25) is 0 Å². The lowest BCUT2D eigenvalue weighted by Gasteiger charge is -1.99. The number of carbonyl (C=O) groups is 1. The first kappa shape index (κ1) is 13.8. The van der Waals surface area contributed by atoms with E-state index in [0.29, 0.717) is 17.2 Å². The van der Waals surface area contributed by atoms with Gasteiger partial charge in [-0.3, -0.25) is 0 Å². The number of hydrogen-bond acceptors (Lipinski definition) is 5. The van der Waals surface area contributed by atoms with Crippen LogP contribution < -0.4 is 5.73 Å². The van der Waals surface area contributed by atoms with Crippen molar-refractivity contribution in [3.8, 4) is 0 Å². The molecule has 2 rings (SSSR count). The van der Waals surface area contributed by atoms with E-state index < -0.39 is 0 Å². The van der Waals surface area contributed by atoms with Gasteiger partial charge in [0.2, 0.25) is 0 Å². The lowest BCUT2D eigenvalue weighted by molar-refractivity contribution is 0.0533. The van der Waals surface area contributed by atoms with Gasteiger partial charge >= 0.3 is 5.97 Å². The number of carbonyl (C=O) groups excluding carboxylic acids is 1. The first-order valence-electron chi connectivity index (χ1n) is 6.52. The van der Waals surface area contributed by atoms with E-state index in [1.807, 2.05) is 12.1 Å². The molecule has 0 radical (unpaired) electrons. The third-order valence-electron chi connectivity index (χ3n) is 2.90. The molecule has 0 unspecified atom stereocenters. The summed E-state index contributed by atoms with van der Waals surface area (Å²) in [6.45, 7) is 4.28. The number of fused-ring (bicyclic) bond motifs is 1. The number of esters is 1. The Hall–Kier alpha value is -1.62. The van der Waals surface area contributed by atoms with E-state index in [1.54, 1.807) is 6.92 Å². The van der Waals surface area contributed by atoms with Crippen molar-refractivity contribution in [1.82, 2.24) is 4.98 Å². The molecule has 0 amide bonds. The zero-order valence-electron chi connectivity index (χ0n) is 11.2. The third-order valence-corrected chi connectivity index (χ3v) is 3.99. The molecule has 0 saturated carbocycles. The monoisotopic (exact) mass is 278 g/mol. The average molecular weight is 278 g/mol. The molecule has 2 heterocycles. The number of nitrogen functional groups attached to an aromatic ring is 1.